The highest BCUT2D eigenvalue weighted by Gasteiger charge is 2.20. The molecule has 1 unspecified atom stereocenters. The lowest BCUT2D eigenvalue weighted by atomic mass is 10.1. The van der Waals surface area contributed by atoms with Crippen molar-refractivity contribution in [1.82, 2.24) is 5.32 Å². The number of nitrogens with zero attached hydrogens (tertiary/aromatic N) is 1. The van der Waals surface area contributed by atoms with Gasteiger partial charge in [-0.25, -0.2) is 4.99 Å². The molecular formula is C14H21N3O2. The Labute approximate surface area is 113 Å². The molecule has 0 bridgehead atoms. The topological polar surface area (TPSA) is 68.9 Å². The number of rotatable bonds is 2. The molecule has 0 radical (unpaired) electrons. The summed E-state index contributed by atoms with van der Waals surface area (Å²) >= 11 is 0. The number of para-hydroxylation sites is 2. The van der Waals surface area contributed by atoms with E-state index in [2.05, 4.69) is 10.3 Å². The van der Waals surface area contributed by atoms with E-state index in [9.17, 15) is 0 Å². The number of guanidine groups is 1. The maximum Gasteiger partial charge on any atom is 0.189 e. The molecule has 3 N–H and O–H groups in total. The van der Waals surface area contributed by atoms with Gasteiger partial charge in [0.15, 0.2) is 23.6 Å². The van der Waals surface area contributed by atoms with Crippen molar-refractivity contribution in [3.63, 3.8) is 0 Å². The average Bonchev–Trinajstić information content (AvgIpc) is 2.34. The van der Waals surface area contributed by atoms with Crippen LogP contribution in [-0.4, -0.2) is 30.8 Å². The summed E-state index contributed by atoms with van der Waals surface area (Å²) in [6.07, 6.45) is -0.102. The number of nitrogens with one attached hydrogen (secondary N) is 1. The molecule has 104 valence electrons. The lowest BCUT2D eigenvalue weighted by molar-refractivity contribution is 0.0971. The molecule has 0 saturated carbocycles. The molecule has 1 aromatic rings. The van der Waals surface area contributed by atoms with Crippen LogP contribution in [-0.2, 0) is 0 Å². The van der Waals surface area contributed by atoms with Gasteiger partial charge in [-0.15, -0.1) is 0 Å². The first-order valence-electron chi connectivity index (χ1n) is 6.40. The number of hydrogen-bond acceptors (Lipinski definition) is 3. The Bertz CT molecular complexity index is 466. The molecule has 1 heterocycles. The molecule has 0 aliphatic carbocycles. The second-order valence-electron chi connectivity index (χ2n) is 5.60. The highest BCUT2D eigenvalue weighted by molar-refractivity contribution is 5.78. The Hall–Kier alpha value is -1.91. The van der Waals surface area contributed by atoms with Gasteiger partial charge in [-0.3, -0.25) is 0 Å². The minimum Gasteiger partial charge on any atom is -0.486 e. The highest BCUT2D eigenvalue weighted by Crippen LogP contribution is 2.30. The van der Waals surface area contributed by atoms with Crippen LogP contribution in [0.15, 0.2) is 29.3 Å². The molecule has 5 heteroatoms. The Morgan fingerprint density at radius 1 is 1.37 bits per heavy atom. The Morgan fingerprint density at radius 2 is 2.05 bits per heavy atom. The maximum atomic E-state index is 5.81. The van der Waals surface area contributed by atoms with Crippen LogP contribution in [0, 0.1) is 0 Å². The van der Waals surface area contributed by atoms with Gasteiger partial charge in [-0.1, -0.05) is 12.1 Å². The highest BCUT2D eigenvalue weighted by atomic mass is 16.6. The number of benzene rings is 1. The van der Waals surface area contributed by atoms with Crippen LogP contribution in [0.4, 0.5) is 0 Å². The van der Waals surface area contributed by atoms with Crippen molar-refractivity contribution in [2.75, 3.05) is 13.2 Å². The van der Waals surface area contributed by atoms with Crippen LogP contribution in [0.1, 0.15) is 20.8 Å². The van der Waals surface area contributed by atoms with Gasteiger partial charge < -0.3 is 20.5 Å². The fraction of sp³-hybridized carbons (Fsp3) is 0.500. The summed E-state index contributed by atoms with van der Waals surface area (Å²) in [6.45, 7) is 7.07. The Balaban J connectivity index is 1.91. The van der Waals surface area contributed by atoms with Gasteiger partial charge in [0.2, 0.25) is 0 Å². The van der Waals surface area contributed by atoms with Gasteiger partial charge in [0.05, 0.1) is 6.54 Å². The van der Waals surface area contributed by atoms with E-state index in [4.69, 9.17) is 15.2 Å². The quantitative estimate of drug-likeness (QED) is 0.627. The first kappa shape index (κ1) is 13.5. The minimum absolute atomic E-state index is 0.0931. The normalized spacial score (nSPS) is 19.1. The van der Waals surface area contributed by atoms with Crippen LogP contribution in [0.25, 0.3) is 0 Å². The summed E-state index contributed by atoms with van der Waals surface area (Å²) in [5.74, 6) is 1.97. The van der Waals surface area contributed by atoms with E-state index in [0.29, 0.717) is 19.1 Å². The summed E-state index contributed by atoms with van der Waals surface area (Å²) in [6, 6.07) is 7.63. The van der Waals surface area contributed by atoms with E-state index in [0.717, 1.165) is 11.5 Å². The van der Waals surface area contributed by atoms with Gasteiger partial charge in [0.25, 0.3) is 0 Å². The van der Waals surface area contributed by atoms with Crippen molar-refractivity contribution in [2.24, 2.45) is 10.7 Å². The molecule has 19 heavy (non-hydrogen) atoms. The molecule has 1 aliphatic heterocycles. The zero-order chi connectivity index (χ0) is 13.9. The molecule has 0 aromatic heterocycles. The molecule has 0 fully saturated rings. The third-order valence-corrected chi connectivity index (χ3v) is 2.54. The smallest absolute Gasteiger partial charge is 0.189 e. The molecule has 2 rings (SSSR count). The lowest BCUT2D eigenvalue weighted by Gasteiger charge is -2.26. The Morgan fingerprint density at radius 3 is 2.74 bits per heavy atom. The lowest BCUT2D eigenvalue weighted by Crippen LogP contribution is -2.45. The van der Waals surface area contributed by atoms with Crippen molar-refractivity contribution in [3.05, 3.63) is 24.3 Å². The minimum atomic E-state index is -0.102. The second kappa shape index (κ2) is 5.38. The monoisotopic (exact) mass is 263 g/mol. The molecule has 0 saturated heterocycles. The maximum absolute atomic E-state index is 5.81. The molecule has 1 aliphatic rings. The number of hydrogen-bond donors (Lipinski definition) is 2. The van der Waals surface area contributed by atoms with E-state index in [1.807, 2.05) is 45.0 Å². The summed E-state index contributed by atoms with van der Waals surface area (Å²) in [7, 11) is 0. The molecule has 1 atom stereocenters. The van der Waals surface area contributed by atoms with Crippen LogP contribution in [0.5, 0.6) is 11.5 Å². The summed E-state index contributed by atoms with van der Waals surface area (Å²) in [5.41, 5.74) is 5.72. The van der Waals surface area contributed by atoms with E-state index in [-0.39, 0.29) is 11.6 Å². The first-order chi connectivity index (χ1) is 8.94. The third kappa shape index (κ3) is 4.05. The summed E-state index contributed by atoms with van der Waals surface area (Å²) in [4.78, 5) is 4.28. The molecular weight excluding hydrogens is 242 g/mol. The average molecular weight is 263 g/mol. The number of ether oxygens (including phenoxy) is 2. The zero-order valence-electron chi connectivity index (χ0n) is 11.6. The van der Waals surface area contributed by atoms with Crippen molar-refractivity contribution in [1.29, 1.82) is 0 Å². The SMILES string of the molecule is CC(C)(C)NC(N)=NCC1COc2ccccc2O1. The van der Waals surface area contributed by atoms with Crippen molar-refractivity contribution < 1.29 is 9.47 Å². The van der Waals surface area contributed by atoms with E-state index in [1.54, 1.807) is 0 Å². The number of nitrogens with two attached hydrogens (primary N) is 1. The van der Waals surface area contributed by atoms with Crippen molar-refractivity contribution in [2.45, 2.75) is 32.4 Å². The van der Waals surface area contributed by atoms with Crippen LogP contribution >= 0.6 is 0 Å². The molecule has 0 amide bonds. The van der Waals surface area contributed by atoms with E-state index >= 15 is 0 Å². The van der Waals surface area contributed by atoms with Gasteiger partial charge in [0.1, 0.15) is 6.61 Å². The number of fused-ring (bicyclic) bond motifs is 1. The van der Waals surface area contributed by atoms with Gasteiger partial charge in [0, 0.05) is 5.54 Å². The molecule has 1 aromatic carbocycles. The van der Waals surface area contributed by atoms with E-state index < -0.39 is 0 Å². The second-order valence-corrected chi connectivity index (χ2v) is 5.60. The fourth-order valence-corrected chi connectivity index (χ4v) is 1.78. The van der Waals surface area contributed by atoms with Crippen LogP contribution in [0.2, 0.25) is 0 Å². The summed E-state index contributed by atoms with van der Waals surface area (Å²) in [5, 5.41) is 3.11. The van der Waals surface area contributed by atoms with Crippen molar-refractivity contribution >= 4 is 5.96 Å². The predicted octanol–water partition coefficient (Wildman–Crippen LogP) is 1.53. The van der Waals surface area contributed by atoms with Gasteiger partial charge in [-0.05, 0) is 32.9 Å². The van der Waals surface area contributed by atoms with Crippen molar-refractivity contribution in [3.8, 4) is 11.5 Å². The molecule has 5 nitrogen and oxygen atoms in total. The largest absolute Gasteiger partial charge is 0.486 e. The van der Waals surface area contributed by atoms with E-state index in [1.165, 1.54) is 0 Å². The van der Waals surface area contributed by atoms with Crippen LogP contribution in [0.3, 0.4) is 0 Å². The summed E-state index contributed by atoms with van der Waals surface area (Å²) < 4.78 is 11.4. The van der Waals surface area contributed by atoms with Crippen LogP contribution < -0.4 is 20.5 Å². The third-order valence-electron chi connectivity index (χ3n) is 2.54. The first-order valence-corrected chi connectivity index (χ1v) is 6.40. The number of aliphatic imine (C=N–C) groups is 1. The van der Waals surface area contributed by atoms with Gasteiger partial charge in [-0.2, -0.15) is 0 Å². The predicted molar refractivity (Wildman–Crippen MR) is 75.7 cm³/mol. The standard InChI is InChI=1S/C14H21N3O2/c1-14(2,3)17-13(15)16-8-10-9-18-11-6-4-5-7-12(11)19-10/h4-7,10H,8-9H2,1-3H3,(H3,15,16,17). The molecule has 0 spiro atoms. The van der Waals surface area contributed by atoms with Gasteiger partial charge >= 0.3 is 0 Å². The zero-order valence-corrected chi connectivity index (χ0v) is 11.6. The fourth-order valence-electron chi connectivity index (χ4n) is 1.78. The Kier molecular flexibility index (Phi) is 3.83.